The van der Waals surface area contributed by atoms with Crippen LogP contribution in [-0.2, 0) is 6.42 Å². The van der Waals surface area contributed by atoms with Gasteiger partial charge in [0.25, 0.3) is 0 Å². The van der Waals surface area contributed by atoms with E-state index < -0.39 is 0 Å². The lowest BCUT2D eigenvalue weighted by atomic mass is 9.89. The number of hydrogen-bond donors (Lipinski definition) is 1. The Morgan fingerprint density at radius 2 is 2.07 bits per heavy atom. The molecule has 15 heavy (non-hydrogen) atoms. The molecule has 0 spiro atoms. The average Bonchev–Trinajstić information content (AvgIpc) is 2.17. The maximum atomic E-state index is 13.0. The van der Waals surface area contributed by atoms with Crippen LogP contribution in [0, 0.1) is 17.7 Å². The van der Waals surface area contributed by atoms with Crippen LogP contribution in [0.1, 0.15) is 19.4 Å². The van der Waals surface area contributed by atoms with Crippen LogP contribution in [0.5, 0.6) is 0 Å². The maximum absolute atomic E-state index is 13.0. The van der Waals surface area contributed by atoms with Gasteiger partial charge in [0.15, 0.2) is 0 Å². The van der Waals surface area contributed by atoms with Gasteiger partial charge in [-0.25, -0.2) is 4.39 Å². The summed E-state index contributed by atoms with van der Waals surface area (Å²) in [6.45, 7) is 5.40. The van der Waals surface area contributed by atoms with Gasteiger partial charge >= 0.3 is 0 Å². The van der Waals surface area contributed by atoms with Crippen molar-refractivity contribution >= 4 is 0 Å². The van der Waals surface area contributed by atoms with E-state index in [2.05, 4.69) is 19.2 Å². The highest BCUT2D eigenvalue weighted by atomic mass is 19.1. The molecule has 1 aromatic carbocycles. The van der Waals surface area contributed by atoms with Crippen molar-refractivity contribution in [3.63, 3.8) is 0 Å². The molecule has 0 fully saturated rings. The summed E-state index contributed by atoms with van der Waals surface area (Å²) in [6.07, 6.45) is 0.941. The molecule has 1 N–H and O–H groups in total. The molecule has 1 atom stereocenters. The van der Waals surface area contributed by atoms with E-state index in [1.54, 1.807) is 12.1 Å². The van der Waals surface area contributed by atoms with E-state index in [-0.39, 0.29) is 5.82 Å². The van der Waals surface area contributed by atoms with E-state index in [9.17, 15) is 4.39 Å². The molecular formula is C13H20FN. The molecule has 1 unspecified atom stereocenters. The SMILES string of the molecule is CNCC(Cc1cccc(F)c1)C(C)C. The zero-order valence-corrected chi connectivity index (χ0v) is 9.76. The van der Waals surface area contributed by atoms with Gasteiger partial charge in [-0.3, -0.25) is 0 Å². The molecule has 0 aliphatic carbocycles. The molecule has 84 valence electrons. The molecular weight excluding hydrogens is 189 g/mol. The Hall–Kier alpha value is -0.890. The summed E-state index contributed by atoms with van der Waals surface area (Å²) >= 11 is 0. The normalized spacial score (nSPS) is 13.1. The maximum Gasteiger partial charge on any atom is 0.123 e. The number of benzene rings is 1. The Morgan fingerprint density at radius 1 is 1.33 bits per heavy atom. The van der Waals surface area contributed by atoms with E-state index in [4.69, 9.17) is 0 Å². The molecule has 0 amide bonds. The minimum Gasteiger partial charge on any atom is -0.319 e. The summed E-state index contributed by atoms with van der Waals surface area (Å²) in [6, 6.07) is 6.90. The van der Waals surface area contributed by atoms with Gasteiger partial charge in [0.05, 0.1) is 0 Å². The lowest BCUT2D eigenvalue weighted by Crippen LogP contribution is -2.25. The molecule has 2 heteroatoms. The van der Waals surface area contributed by atoms with Gasteiger partial charge < -0.3 is 5.32 Å². The van der Waals surface area contributed by atoms with Gasteiger partial charge in [-0.15, -0.1) is 0 Å². The molecule has 0 saturated carbocycles. The van der Waals surface area contributed by atoms with Gasteiger partial charge in [0.2, 0.25) is 0 Å². The highest BCUT2D eigenvalue weighted by Gasteiger charge is 2.13. The second-order valence-corrected chi connectivity index (χ2v) is 4.40. The van der Waals surface area contributed by atoms with E-state index in [1.165, 1.54) is 6.07 Å². The predicted octanol–water partition coefficient (Wildman–Crippen LogP) is 2.86. The Morgan fingerprint density at radius 3 is 2.60 bits per heavy atom. The molecule has 1 rings (SSSR count). The van der Waals surface area contributed by atoms with Crippen LogP contribution in [0.15, 0.2) is 24.3 Å². The van der Waals surface area contributed by atoms with Crippen LogP contribution in [0.3, 0.4) is 0 Å². The van der Waals surface area contributed by atoms with Gasteiger partial charge in [0, 0.05) is 0 Å². The first-order valence-electron chi connectivity index (χ1n) is 5.52. The topological polar surface area (TPSA) is 12.0 Å². The van der Waals surface area contributed by atoms with Crippen LogP contribution in [0.4, 0.5) is 4.39 Å². The quantitative estimate of drug-likeness (QED) is 0.786. The zero-order valence-electron chi connectivity index (χ0n) is 9.76. The third-order valence-electron chi connectivity index (χ3n) is 2.80. The zero-order chi connectivity index (χ0) is 11.3. The number of hydrogen-bond acceptors (Lipinski definition) is 1. The van der Waals surface area contributed by atoms with E-state index >= 15 is 0 Å². The molecule has 0 bridgehead atoms. The van der Waals surface area contributed by atoms with Gasteiger partial charge in [0.1, 0.15) is 5.82 Å². The van der Waals surface area contributed by atoms with Crippen molar-refractivity contribution in [2.24, 2.45) is 11.8 Å². The summed E-state index contributed by atoms with van der Waals surface area (Å²) in [4.78, 5) is 0. The summed E-state index contributed by atoms with van der Waals surface area (Å²) in [5, 5.41) is 3.19. The van der Waals surface area contributed by atoms with Gasteiger partial charge in [-0.1, -0.05) is 26.0 Å². The van der Waals surface area contributed by atoms with Crippen LogP contribution in [0.2, 0.25) is 0 Å². The highest BCUT2D eigenvalue weighted by Crippen LogP contribution is 2.17. The Labute approximate surface area is 91.7 Å². The van der Waals surface area contributed by atoms with Crippen molar-refractivity contribution < 1.29 is 4.39 Å². The fourth-order valence-corrected chi connectivity index (χ4v) is 1.77. The lowest BCUT2D eigenvalue weighted by Gasteiger charge is -2.20. The van der Waals surface area contributed by atoms with Crippen molar-refractivity contribution in [2.45, 2.75) is 20.3 Å². The smallest absolute Gasteiger partial charge is 0.123 e. The third-order valence-corrected chi connectivity index (χ3v) is 2.80. The fourth-order valence-electron chi connectivity index (χ4n) is 1.77. The van der Waals surface area contributed by atoms with Crippen molar-refractivity contribution in [3.05, 3.63) is 35.6 Å². The van der Waals surface area contributed by atoms with Gasteiger partial charge in [-0.05, 0) is 49.5 Å². The first kappa shape index (κ1) is 12.2. The summed E-state index contributed by atoms with van der Waals surface area (Å²) in [5.74, 6) is 1.04. The molecule has 1 nitrogen and oxygen atoms in total. The Balaban J connectivity index is 2.65. The minimum absolute atomic E-state index is 0.139. The standard InChI is InChI=1S/C13H20FN/c1-10(2)12(9-15-3)7-11-5-4-6-13(14)8-11/h4-6,8,10,12,15H,7,9H2,1-3H3. The first-order valence-corrected chi connectivity index (χ1v) is 5.52. The van der Waals surface area contributed by atoms with E-state index in [0.717, 1.165) is 18.5 Å². The van der Waals surface area contributed by atoms with Crippen LogP contribution in [-0.4, -0.2) is 13.6 Å². The van der Waals surface area contributed by atoms with E-state index in [0.29, 0.717) is 11.8 Å². The number of halogens is 1. The second kappa shape index (κ2) is 5.86. The minimum atomic E-state index is -0.139. The summed E-state index contributed by atoms with van der Waals surface area (Å²) in [7, 11) is 1.96. The number of nitrogens with one attached hydrogen (secondary N) is 1. The van der Waals surface area contributed by atoms with Crippen molar-refractivity contribution in [2.75, 3.05) is 13.6 Å². The summed E-state index contributed by atoms with van der Waals surface area (Å²) in [5.41, 5.74) is 1.09. The summed E-state index contributed by atoms with van der Waals surface area (Å²) < 4.78 is 13.0. The Bertz CT molecular complexity index is 296. The fraction of sp³-hybridized carbons (Fsp3) is 0.538. The van der Waals surface area contributed by atoms with Crippen LogP contribution >= 0.6 is 0 Å². The van der Waals surface area contributed by atoms with E-state index in [1.807, 2.05) is 13.1 Å². The molecule has 0 heterocycles. The van der Waals surface area contributed by atoms with Crippen LogP contribution < -0.4 is 5.32 Å². The largest absolute Gasteiger partial charge is 0.319 e. The predicted molar refractivity (Wildman–Crippen MR) is 62.4 cm³/mol. The second-order valence-electron chi connectivity index (χ2n) is 4.40. The van der Waals surface area contributed by atoms with Crippen molar-refractivity contribution in [1.82, 2.24) is 5.32 Å². The Kier molecular flexibility index (Phi) is 4.76. The molecule has 0 aliphatic rings. The molecule has 0 radical (unpaired) electrons. The molecule has 0 aliphatic heterocycles. The lowest BCUT2D eigenvalue weighted by molar-refractivity contribution is 0.370. The third kappa shape index (κ3) is 4.00. The van der Waals surface area contributed by atoms with Crippen molar-refractivity contribution in [3.8, 4) is 0 Å². The highest BCUT2D eigenvalue weighted by molar-refractivity contribution is 5.17. The van der Waals surface area contributed by atoms with Crippen molar-refractivity contribution in [1.29, 1.82) is 0 Å². The molecule has 0 aromatic heterocycles. The van der Waals surface area contributed by atoms with Crippen LogP contribution in [0.25, 0.3) is 0 Å². The molecule has 0 saturated heterocycles. The monoisotopic (exact) mass is 209 g/mol. The average molecular weight is 209 g/mol. The molecule has 1 aromatic rings. The number of rotatable bonds is 5. The van der Waals surface area contributed by atoms with Gasteiger partial charge in [-0.2, -0.15) is 0 Å². The first-order chi connectivity index (χ1) is 7.13.